The Balaban J connectivity index is 0.00000225. The van der Waals surface area contributed by atoms with Crippen molar-refractivity contribution in [1.82, 2.24) is 0 Å². The van der Waals surface area contributed by atoms with Crippen LogP contribution in [0.25, 0.3) is 16.5 Å². The Labute approximate surface area is 106 Å². The molecule has 1 aromatic rings. The number of hydrogen-bond acceptors (Lipinski definition) is 3. The molecule has 84 valence electrons. The lowest BCUT2D eigenvalue weighted by atomic mass is 10.2. The standard InChI is InChI=1S/C9H6BrN3O2.ClH/c10-8(9(14)15-13-12-11)6-7-4-2-1-3-5-7;/h1-6H;1H. The van der Waals surface area contributed by atoms with Gasteiger partial charge in [-0.15, -0.1) is 12.4 Å². The van der Waals surface area contributed by atoms with Crippen LogP contribution in [0, 0.1) is 0 Å². The van der Waals surface area contributed by atoms with E-state index in [4.69, 9.17) is 5.53 Å². The van der Waals surface area contributed by atoms with Crippen LogP contribution < -0.4 is 0 Å². The fourth-order valence-electron chi connectivity index (χ4n) is 0.853. The molecule has 0 saturated carbocycles. The van der Waals surface area contributed by atoms with Gasteiger partial charge in [-0.3, -0.25) is 0 Å². The molecule has 0 spiro atoms. The maximum atomic E-state index is 11.1. The predicted molar refractivity (Wildman–Crippen MR) is 65.8 cm³/mol. The van der Waals surface area contributed by atoms with E-state index in [2.05, 4.69) is 31.0 Å². The topological polar surface area (TPSA) is 75.1 Å². The van der Waals surface area contributed by atoms with Crippen molar-refractivity contribution in [1.29, 1.82) is 0 Å². The van der Waals surface area contributed by atoms with Crippen molar-refractivity contribution < 1.29 is 9.63 Å². The highest BCUT2D eigenvalue weighted by Gasteiger charge is 2.06. The van der Waals surface area contributed by atoms with Crippen molar-refractivity contribution in [2.24, 2.45) is 5.28 Å². The van der Waals surface area contributed by atoms with Gasteiger partial charge in [0.1, 0.15) is 9.76 Å². The van der Waals surface area contributed by atoms with E-state index in [1.165, 1.54) is 0 Å². The van der Waals surface area contributed by atoms with Gasteiger partial charge in [-0.25, -0.2) is 4.79 Å². The van der Waals surface area contributed by atoms with Crippen molar-refractivity contribution in [3.05, 3.63) is 50.8 Å². The van der Waals surface area contributed by atoms with Gasteiger partial charge in [-0.05, 0) is 33.1 Å². The van der Waals surface area contributed by atoms with E-state index < -0.39 is 5.97 Å². The van der Waals surface area contributed by atoms with Crippen LogP contribution in [-0.4, -0.2) is 5.97 Å². The highest BCUT2D eigenvalue weighted by Crippen LogP contribution is 2.13. The Morgan fingerprint density at radius 3 is 2.62 bits per heavy atom. The van der Waals surface area contributed by atoms with E-state index in [-0.39, 0.29) is 16.9 Å². The van der Waals surface area contributed by atoms with Gasteiger partial charge in [0.15, 0.2) is 0 Å². The molecule has 1 rings (SSSR count). The molecular formula is C9H7BrClN3O2. The van der Waals surface area contributed by atoms with E-state index in [0.717, 1.165) is 5.56 Å². The second-order valence-corrected chi connectivity index (χ2v) is 3.31. The number of halogens is 2. The average molecular weight is 305 g/mol. The number of rotatable bonds is 3. The normalized spacial score (nSPS) is 9.69. The lowest BCUT2D eigenvalue weighted by molar-refractivity contribution is -0.138. The molecule has 5 nitrogen and oxygen atoms in total. The van der Waals surface area contributed by atoms with Gasteiger partial charge in [-0.2, -0.15) is 0 Å². The van der Waals surface area contributed by atoms with Gasteiger partial charge in [-0.1, -0.05) is 30.3 Å². The van der Waals surface area contributed by atoms with Gasteiger partial charge < -0.3 is 4.84 Å². The summed E-state index contributed by atoms with van der Waals surface area (Å²) >= 11 is 3.01. The molecule has 1 aromatic carbocycles. The van der Waals surface area contributed by atoms with E-state index in [1.807, 2.05) is 30.3 Å². The molecule has 16 heavy (non-hydrogen) atoms. The van der Waals surface area contributed by atoms with E-state index in [0.29, 0.717) is 0 Å². The van der Waals surface area contributed by atoms with Gasteiger partial charge in [0.05, 0.1) is 0 Å². The number of hydrogen-bond donors (Lipinski definition) is 0. The van der Waals surface area contributed by atoms with Gasteiger partial charge in [0.25, 0.3) is 0 Å². The zero-order valence-electron chi connectivity index (χ0n) is 7.91. The smallest absolute Gasteiger partial charge is 0.354 e. The Morgan fingerprint density at radius 2 is 2.06 bits per heavy atom. The van der Waals surface area contributed by atoms with Gasteiger partial charge in [0, 0.05) is 4.91 Å². The number of carbonyl (C=O) groups is 1. The zero-order valence-corrected chi connectivity index (χ0v) is 10.3. The van der Waals surface area contributed by atoms with Crippen LogP contribution in [0.15, 0.2) is 40.1 Å². The lowest BCUT2D eigenvalue weighted by Gasteiger charge is -1.95. The first-order valence-corrected chi connectivity index (χ1v) is 4.71. The summed E-state index contributed by atoms with van der Waals surface area (Å²) in [7, 11) is 0. The Morgan fingerprint density at radius 1 is 1.44 bits per heavy atom. The first kappa shape index (κ1) is 14.5. The van der Waals surface area contributed by atoms with Crippen molar-refractivity contribution >= 4 is 40.4 Å². The Bertz CT molecular complexity index is 430. The summed E-state index contributed by atoms with van der Waals surface area (Å²) in [6.07, 6.45) is 1.56. The third kappa shape index (κ3) is 4.84. The number of azide groups is 1. The monoisotopic (exact) mass is 303 g/mol. The molecular weight excluding hydrogens is 297 g/mol. The Kier molecular flexibility index (Phi) is 7.03. The molecule has 0 N–H and O–H groups in total. The van der Waals surface area contributed by atoms with Crippen molar-refractivity contribution in [3.63, 3.8) is 0 Å². The summed E-state index contributed by atoms with van der Waals surface area (Å²) in [6.45, 7) is 0. The molecule has 7 heteroatoms. The van der Waals surface area contributed by atoms with Crippen LogP contribution in [0.5, 0.6) is 0 Å². The van der Waals surface area contributed by atoms with Gasteiger partial charge in [0.2, 0.25) is 0 Å². The number of benzene rings is 1. The molecule has 0 heterocycles. The SMILES string of the molecule is Cl.[N-]=[N+]=NOC(=O)C(Br)=Cc1ccccc1. The minimum Gasteiger partial charge on any atom is -0.354 e. The van der Waals surface area contributed by atoms with E-state index in [1.54, 1.807) is 6.08 Å². The molecule has 0 aliphatic heterocycles. The summed E-state index contributed by atoms with van der Waals surface area (Å²) in [5, 5.41) is 2.69. The largest absolute Gasteiger partial charge is 0.356 e. The zero-order chi connectivity index (χ0) is 11.1. The number of nitrogens with zero attached hydrogens (tertiary/aromatic N) is 3. The summed E-state index contributed by atoms with van der Waals surface area (Å²) < 4.78 is 0.182. The highest BCUT2D eigenvalue weighted by atomic mass is 79.9. The minimum absolute atomic E-state index is 0. The summed E-state index contributed by atoms with van der Waals surface area (Å²) in [4.78, 5) is 17.6. The second-order valence-electron chi connectivity index (χ2n) is 2.45. The maximum Gasteiger partial charge on any atom is 0.356 e. The van der Waals surface area contributed by atoms with Crippen LogP contribution in [-0.2, 0) is 9.63 Å². The van der Waals surface area contributed by atoms with Gasteiger partial charge >= 0.3 is 5.97 Å². The summed E-state index contributed by atoms with van der Waals surface area (Å²) in [6, 6.07) is 9.18. The third-order valence-corrected chi connectivity index (χ3v) is 2.00. The first-order chi connectivity index (χ1) is 7.24. The molecule has 0 unspecified atom stereocenters. The molecule has 0 atom stereocenters. The predicted octanol–water partition coefficient (Wildman–Crippen LogP) is 3.61. The summed E-state index contributed by atoms with van der Waals surface area (Å²) in [5.41, 5.74) is 8.77. The minimum atomic E-state index is -0.739. The van der Waals surface area contributed by atoms with Crippen LogP contribution in [0.4, 0.5) is 0 Å². The van der Waals surface area contributed by atoms with Crippen molar-refractivity contribution in [2.45, 2.75) is 0 Å². The highest BCUT2D eigenvalue weighted by molar-refractivity contribution is 9.12. The lowest BCUT2D eigenvalue weighted by Crippen LogP contribution is -1.97. The Hall–Kier alpha value is -1.49. The van der Waals surface area contributed by atoms with Crippen molar-refractivity contribution in [2.75, 3.05) is 0 Å². The van der Waals surface area contributed by atoms with Crippen LogP contribution >= 0.6 is 28.3 Å². The number of carbonyl (C=O) groups excluding carboxylic acids is 1. The van der Waals surface area contributed by atoms with Crippen LogP contribution in [0.2, 0.25) is 0 Å². The maximum absolute atomic E-state index is 11.1. The molecule has 0 radical (unpaired) electrons. The molecule has 0 amide bonds. The van der Waals surface area contributed by atoms with E-state index >= 15 is 0 Å². The molecule has 0 aromatic heterocycles. The molecule has 0 bridgehead atoms. The van der Waals surface area contributed by atoms with Crippen molar-refractivity contribution in [3.8, 4) is 0 Å². The second kappa shape index (κ2) is 7.76. The van der Waals surface area contributed by atoms with E-state index in [9.17, 15) is 4.79 Å². The first-order valence-electron chi connectivity index (χ1n) is 3.92. The third-order valence-electron chi connectivity index (χ3n) is 1.45. The van der Waals surface area contributed by atoms with Crippen LogP contribution in [0.1, 0.15) is 5.56 Å². The fourth-order valence-corrected chi connectivity index (χ4v) is 1.19. The average Bonchev–Trinajstić information content (AvgIpc) is 2.27. The molecule has 0 fully saturated rings. The molecule has 0 aliphatic rings. The fraction of sp³-hybridized carbons (Fsp3) is 0. The summed E-state index contributed by atoms with van der Waals surface area (Å²) in [5.74, 6) is -0.739. The quantitative estimate of drug-likeness (QED) is 0.281. The molecule has 0 aliphatic carbocycles. The molecule has 0 saturated heterocycles. The van der Waals surface area contributed by atoms with Crippen LogP contribution in [0.3, 0.4) is 0 Å².